The summed E-state index contributed by atoms with van der Waals surface area (Å²) >= 11 is 0. The van der Waals surface area contributed by atoms with Crippen molar-refractivity contribution in [2.75, 3.05) is 7.05 Å². The SMILES string of the molecule is BNC.O.O. The van der Waals surface area contributed by atoms with Crippen molar-refractivity contribution in [3.05, 3.63) is 0 Å². The van der Waals surface area contributed by atoms with Gasteiger partial charge in [-0.3, -0.25) is 0 Å². The molecule has 0 aliphatic carbocycles. The van der Waals surface area contributed by atoms with Crippen LogP contribution in [0, 0.1) is 0 Å². The molecular formula is CH10BNO2. The molecule has 3 nitrogen and oxygen atoms in total. The van der Waals surface area contributed by atoms with Gasteiger partial charge in [-0.2, -0.15) is 0 Å². The lowest BCUT2D eigenvalue weighted by Crippen LogP contribution is -1.93. The summed E-state index contributed by atoms with van der Waals surface area (Å²) in [5, 5.41) is 2.75. The van der Waals surface area contributed by atoms with E-state index >= 15 is 0 Å². The fourth-order valence-electron chi connectivity index (χ4n) is 0. The molecule has 0 aromatic heterocycles. The number of rotatable bonds is 0. The quantitative estimate of drug-likeness (QED) is 0.311. The van der Waals surface area contributed by atoms with Crippen LogP contribution in [0.4, 0.5) is 0 Å². The van der Waals surface area contributed by atoms with Crippen molar-refractivity contribution in [2.24, 2.45) is 0 Å². The minimum Gasteiger partial charge on any atom is -0.412 e. The molecule has 0 unspecified atom stereocenters. The van der Waals surface area contributed by atoms with Crippen LogP contribution < -0.4 is 5.23 Å². The van der Waals surface area contributed by atoms with Gasteiger partial charge in [0.2, 0.25) is 0 Å². The molecule has 0 rings (SSSR count). The van der Waals surface area contributed by atoms with Gasteiger partial charge in [-0.05, 0) is 7.05 Å². The first-order chi connectivity index (χ1) is 1.41. The fourth-order valence-corrected chi connectivity index (χ4v) is 0. The molecule has 0 amide bonds. The summed E-state index contributed by atoms with van der Waals surface area (Å²) < 4.78 is 0. The highest BCUT2D eigenvalue weighted by Crippen LogP contribution is 0.933. The van der Waals surface area contributed by atoms with Gasteiger partial charge in [-0.1, -0.05) is 0 Å². The summed E-state index contributed by atoms with van der Waals surface area (Å²) in [6.07, 6.45) is 0. The number of nitrogens with one attached hydrogen (secondary N) is 1. The van der Waals surface area contributed by atoms with Crippen molar-refractivity contribution in [3.63, 3.8) is 0 Å². The van der Waals surface area contributed by atoms with E-state index in [9.17, 15) is 0 Å². The molecule has 0 spiro atoms. The lowest BCUT2D eigenvalue weighted by atomic mass is 10.5. The van der Waals surface area contributed by atoms with Gasteiger partial charge in [0.05, 0.1) is 0 Å². The monoisotopic (exact) mass is 79.1 g/mol. The molecule has 34 valence electrons. The van der Waals surface area contributed by atoms with Crippen LogP contribution in [0.25, 0.3) is 0 Å². The lowest BCUT2D eigenvalue weighted by molar-refractivity contribution is 0.823. The van der Waals surface area contributed by atoms with E-state index < -0.39 is 0 Å². The first-order valence-electron chi connectivity index (χ1n) is 1.00. The third-order valence-corrected chi connectivity index (χ3v) is 0. The number of hydrogen-bond donors (Lipinski definition) is 1. The van der Waals surface area contributed by atoms with Crippen molar-refractivity contribution in [2.45, 2.75) is 0 Å². The minimum absolute atomic E-state index is 0. The minimum atomic E-state index is 0. The number of hydrogen-bond acceptors (Lipinski definition) is 1. The Morgan fingerprint density at radius 2 is 1.40 bits per heavy atom. The van der Waals surface area contributed by atoms with Crippen LogP contribution in [-0.4, -0.2) is 26.0 Å². The second kappa shape index (κ2) is 38.3. The van der Waals surface area contributed by atoms with Crippen LogP contribution in [0.3, 0.4) is 0 Å². The van der Waals surface area contributed by atoms with E-state index in [0.717, 1.165) is 0 Å². The Kier molecular flexibility index (Phi) is 156. The third kappa shape index (κ3) is 4920. The van der Waals surface area contributed by atoms with Crippen LogP contribution in [-0.2, 0) is 0 Å². The Labute approximate surface area is 32.4 Å². The van der Waals surface area contributed by atoms with Crippen molar-refractivity contribution in [1.82, 2.24) is 5.23 Å². The van der Waals surface area contributed by atoms with E-state index in [2.05, 4.69) is 5.23 Å². The van der Waals surface area contributed by atoms with Gasteiger partial charge in [0.15, 0.2) is 7.98 Å². The standard InChI is InChI=1S/CH6BN.2H2O/c1-3-2;;/h3H,2H2,1H3;2*1H2. The summed E-state index contributed by atoms with van der Waals surface area (Å²) in [6.45, 7) is 0. The van der Waals surface area contributed by atoms with Crippen molar-refractivity contribution in [3.8, 4) is 0 Å². The van der Waals surface area contributed by atoms with Crippen LogP contribution in [0.5, 0.6) is 0 Å². The molecule has 0 aliphatic heterocycles. The highest BCUT2D eigenvalue weighted by Gasteiger charge is 1.29. The Bertz CT molecular complexity index is 9.61. The van der Waals surface area contributed by atoms with Gasteiger partial charge >= 0.3 is 0 Å². The molecule has 4 heteroatoms. The highest BCUT2D eigenvalue weighted by molar-refractivity contribution is 6.04. The second-order valence-corrected chi connectivity index (χ2v) is 0.500. The molecule has 0 aromatic carbocycles. The molecule has 0 heterocycles. The maximum absolute atomic E-state index is 2.75. The Morgan fingerprint density at radius 3 is 1.40 bits per heavy atom. The van der Waals surface area contributed by atoms with Gasteiger partial charge in [0, 0.05) is 0 Å². The Balaban J connectivity index is -0.0000000200. The average molecular weight is 78.9 g/mol. The zero-order valence-electron chi connectivity index (χ0n) is 3.50. The molecule has 0 saturated carbocycles. The van der Waals surface area contributed by atoms with Gasteiger partial charge in [0.25, 0.3) is 0 Å². The fraction of sp³-hybridized carbons (Fsp3) is 1.00. The van der Waals surface area contributed by atoms with E-state index in [4.69, 9.17) is 0 Å². The topological polar surface area (TPSA) is 75.0 Å². The van der Waals surface area contributed by atoms with Crippen LogP contribution in [0.2, 0.25) is 0 Å². The van der Waals surface area contributed by atoms with Crippen molar-refractivity contribution in [1.29, 1.82) is 0 Å². The molecule has 0 aliphatic rings. The summed E-state index contributed by atoms with van der Waals surface area (Å²) in [5.74, 6) is 0. The summed E-state index contributed by atoms with van der Waals surface area (Å²) in [4.78, 5) is 0. The lowest BCUT2D eigenvalue weighted by Gasteiger charge is -1.58. The van der Waals surface area contributed by atoms with E-state index in [1.54, 1.807) is 0 Å². The van der Waals surface area contributed by atoms with Crippen molar-refractivity contribution >= 4 is 7.98 Å². The molecule has 0 atom stereocenters. The molecule has 0 bridgehead atoms. The van der Waals surface area contributed by atoms with E-state index in [-0.39, 0.29) is 11.0 Å². The molecule has 5 N–H and O–H groups in total. The smallest absolute Gasteiger partial charge is 0.181 e. The van der Waals surface area contributed by atoms with Crippen molar-refractivity contribution < 1.29 is 11.0 Å². The normalized spacial score (nSPS) is 3.40. The first-order valence-corrected chi connectivity index (χ1v) is 1.00. The second-order valence-electron chi connectivity index (χ2n) is 0.500. The van der Waals surface area contributed by atoms with E-state index in [1.165, 1.54) is 0 Å². The molecule has 0 aromatic rings. The highest BCUT2D eigenvalue weighted by atomic mass is 16.0. The molecule has 0 saturated heterocycles. The Hall–Kier alpha value is -0.0551. The molecule has 5 heavy (non-hydrogen) atoms. The predicted octanol–water partition coefficient (Wildman–Crippen LogP) is -2.90. The van der Waals surface area contributed by atoms with Crippen LogP contribution in [0.15, 0.2) is 0 Å². The zero-order chi connectivity index (χ0) is 2.71. The zero-order valence-corrected chi connectivity index (χ0v) is 3.50. The molecule has 0 fully saturated rings. The maximum atomic E-state index is 2.75. The average Bonchev–Trinajstić information content (AvgIpc) is 0.918. The summed E-state index contributed by atoms with van der Waals surface area (Å²) in [6, 6.07) is 0. The molecule has 0 radical (unpaired) electrons. The van der Waals surface area contributed by atoms with Gasteiger partial charge in [-0.25, -0.2) is 0 Å². The van der Waals surface area contributed by atoms with Gasteiger partial charge < -0.3 is 16.2 Å². The van der Waals surface area contributed by atoms with Crippen LogP contribution in [0.1, 0.15) is 0 Å². The van der Waals surface area contributed by atoms with Gasteiger partial charge in [-0.15, -0.1) is 0 Å². The third-order valence-electron chi connectivity index (χ3n) is 0. The van der Waals surface area contributed by atoms with E-state index in [0.29, 0.717) is 0 Å². The summed E-state index contributed by atoms with van der Waals surface area (Å²) in [7, 11) is 3.75. The van der Waals surface area contributed by atoms with Gasteiger partial charge in [0.1, 0.15) is 0 Å². The van der Waals surface area contributed by atoms with E-state index in [1.807, 2.05) is 15.0 Å². The largest absolute Gasteiger partial charge is 0.412 e. The Morgan fingerprint density at radius 1 is 1.40 bits per heavy atom. The first kappa shape index (κ1) is 20.3. The maximum Gasteiger partial charge on any atom is 0.181 e. The summed E-state index contributed by atoms with van der Waals surface area (Å²) in [5.41, 5.74) is 0. The van der Waals surface area contributed by atoms with Crippen LogP contribution >= 0.6 is 0 Å². The molecular weight excluding hydrogens is 68.8 g/mol. The predicted molar refractivity (Wildman–Crippen MR) is 24.8 cm³/mol.